The van der Waals surface area contributed by atoms with E-state index in [2.05, 4.69) is 19.2 Å². The minimum absolute atomic E-state index is 0.523. The zero-order valence-corrected chi connectivity index (χ0v) is 13.6. The molecule has 1 saturated carbocycles. The monoisotopic (exact) mass is 267 g/mol. The molecule has 114 valence electrons. The lowest BCUT2D eigenvalue weighted by atomic mass is 9.78. The summed E-state index contributed by atoms with van der Waals surface area (Å²) in [6, 6.07) is 0. The number of nitrogens with one attached hydrogen (secondary N) is 1. The first-order valence-electron chi connectivity index (χ1n) is 9.08. The maximum absolute atomic E-state index is 3.94. The summed E-state index contributed by atoms with van der Waals surface area (Å²) in [5, 5.41) is 3.94. The second kappa shape index (κ2) is 10.7. The highest BCUT2D eigenvalue weighted by Gasteiger charge is 2.29. The van der Waals surface area contributed by atoms with Crippen molar-refractivity contribution in [2.75, 3.05) is 6.54 Å². The van der Waals surface area contributed by atoms with Crippen molar-refractivity contribution >= 4 is 0 Å². The van der Waals surface area contributed by atoms with Crippen molar-refractivity contribution < 1.29 is 0 Å². The Morgan fingerprint density at radius 3 is 2.00 bits per heavy atom. The fourth-order valence-electron chi connectivity index (χ4n) is 3.66. The van der Waals surface area contributed by atoms with Crippen LogP contribution in [-0.2, 0) is 0 Å². The predicted octanol–water partition coefficient (Wildman–Crippen LogP) is 5.83. The van der Waals surface area contributed by atoms with Crippen LogP contribution in [0.25, 0.3) is 0 Å². The second-order valence-electron chi connectivity index (χ2n) is 6.64. The summed E-state index contributed by atoms with van der Waals surface area (Å²) in [6.07, 6.45) is 19.9. The topological polar surface area (TPSA) is 12.0 Å². The first-order valence-corrected chi connectivity index (χ1v) is 9.08. The van der Waals surface area contributed by atoms with E-state index in [0.717, 1.165) is 0 Å². The molecule has 1 heteroatoms. The lowest BCUT2D eigenvalue weighted by Crippen LogP contribution is -2.47. The van der Waals surface area contributed by atoms with E-state index in [1.165, 1.54) is 96.4 Å². The fraction of sp³-hybridized carbons (Fsp3) is 1.00. The fourth-order valence-corrected chi connectivity index (χ4v) is 3.66. The molecule has 1 nitrogen and oxygen atoms in total. The Morgan fingerprint density at radius 2 is 1.37 bits per heavy atom. The van der Waals surface area contributed by atoms with E-state index in [9.17, 15) is 0 Å². The normalized spacial score (nSPS) is 18.6. The van der Waals surface area contributed by atoms with Crippen LogP contribution in [0.3, 0.4) is 0 Å². The van der Waals surface area contributed by atoms with E-state index in [1.807, 2.05) is 0 Å². The first kappa shape index (κ1) is 17.0. The standard InChI is InChI=1S/C18H37N/c1-3-5-6-7-8-9-13-17-19-18(14-4-2)15-11-10-12-16-18/h19H,3-17H2,1-2H3. The van der Waals surface area contributed by atoms with Crippen molar-refractivity contribution in [2.45, 2.75) is 109 Å². The Balaban J connectivity index is 2.05. The van der Waals surface area contributed by atoms with Crippen molar-refractivity contribution in [3.63, 3.8) is 0 Å². The Bertz CT molecular complexity index is 188. The Labute approximate surface area is 121 Å². The van der Waals surface area contributed by atoms with Crippen LogP contribution in [0.2, 0.25) is 0 Å². The lowest BCUT2D eigenvalue weighted by molar-refractivity contribution is 0.213. The van der Waals surface area contributed by atoms with Gasteiger partial charge in [-0.05, 0) is 32.2 Å². The first-order chi connectivity index (χ1) is 9.33. The van der Waals surface area contributed by atoms with E-state index in [1.54, 1.807) is 0 Å². The van der Waals surface area contributed by atoms with Crippen molar-refractivity contribution in [1.82, 2.24) is 5.32 Å². The molecule has 0 unspecified atom stereocenters. The third-order valence-electron chi connectivity index (χ3n) is 4.82. The summed E-state index contributed by atoms with van der Waals surface area (Å²) in [5.74, 6) is 0. The van der Waals surface area contributed by atoms with Gasteiger partial charge < -0.3 is 5.32 Å². The molecule has 1 aliphatic rings. The van der Waals surface area contributed by atoms with Gasteiger partial charge >= 0.3 is 0 Å². The molecule has 19 heavy (non-hydrogen) atoms. The average molecular weight is 268 g/mol. The minimum Gasteiger partial charge on any atom is -0.311 e. The maximum Gasteiger partial charge on any atom is 0.0181 e. The van der Waals surface area contributed by atoms with Crippen LogP contribution < -0.4 is 5.32 Å². The number of rotatable bonds is 11. The van der Waals surface area contributed by atoms with Crippen LogP contribution in [0, 0.1) is 0 Å². The summed E-state index contributed by atoms with van der Waals surface area (Å²) in [6.45, 7) is 5.89. The molecule has 0 aromatic heterocycles. The van der Waals surface area contributed by atoms with Gasteiger partial charge in [-0.25, -0.2) is 0 Å². The zero-order valence-electron chi connectivity index (χ0n) is 13.6. The highest BCUT2D eigenvalue weighted by atomic mass is 15.0. The van der Waals surface area contributed by atoms with Crippen LogP contribution in [0.4, 0.5) is 0 Å². The van der Waals surface area contributed by atoms with E-state index in [0.29, 0.717) is 5.54 Å². The number of hydrogen-bond acceptors (Lipinski definition) is 1. The number of hydrogen-bond donors (Lipinski definition) is 1. The number of unbranched alkanes of at least 4 members (excludes halogenated alkanes) is 6. The SMILES string of the molecule is CCCCCCCCCNC1(CCC)CCCCC1. The van der Waals surface area contributed by atoms with E-state index >= 15 is 0 Å². The van der Waals surface area contributed by atoms with Crippen LogP contribution >= 0.6 is 0 Å². The summed E-state index contributed by atoms with van der Waals surface area (Å²) >= 11 is 0. The molecular weight excluding hydrogens is 230 g/mol. The van der Waals surface area contributed by atoms with Crippen molar-refractivity contribution in [3.05, 3.63) is 0 Å². The molecule has 0 heterocycles. The molecule has 0 atom stereocenters. The average Bonchev–Trinajstić information content (AvgIpc) is 2.43. The van der Waals surface area contributed by atoms with Gasteiger partial charge in [0.2, 0.25) is 0 Å². The molecule has 0 amide bonds. The van der Waals surface area contributed by atoms with Crippen LogP contribution in [-0.4, -0.2) is 12.1 Å². The van der Waals surface area contributed by atoms with Crippen LogP contribution in [0.1, 0.15) is 104 Å². The molecule has 1 rings (SSSR count). The van der Waals surface area contributed by atoms with Gasteiger partial charge in [-0.3, -0.25) is 0 Å². The molecule has 0 bridgehead atoms. The summed E-state index contributed by atoms with van der Waals surface area (Å²) < 4.78 is 0. The van der Waals surface area contributed by atoms with Gasteiger partial charge in [-0.15, -0.1) is 0 Å². The molecule has 0 radical (unpaired) electrons. The highest BCUT2D eigenvalue weighted by molar-refractivity contribution is 4.90. The second-order valence-corrected chi connectivity index (χ2v) is 6.64. The molecule has 0 aromatic carbocycles. The Kier molecular flexibility index (Phi) is 9.59. The molecule has 1 aliphatic carbocycles. The van der Waals surface area contributed by atoms with Gasteiger partial charge in [-0.1, -0.05) is 78.1 Å². The van der Waals surface area contributed by atoms with Gasteiger partial charge in [0.25, 0.3) is 0 Å². The predicted molar refractivity (Wildman–Crippen MR) is 86.7 cm³/mol. The minimum atomic E-state index is 0.523. The van der Waals surface area contributed by atoms with Gasteiger partial charge in [0.1, 0.15) is 0 Å². The highest BCUT2D eigenvalue weighted by Crippen LogP contribution is 2.32. The Hall–Kier alpha value is -0.0400. The van der Waals surface area contributed by atoms with Crippen LogP contribution in [0.5, 0.6) is 0 Å². The smallest absolute Gasteiger partial charge is 0.0181 e. The zero-order chi connectivity index (χ0) is 13.8. The third kappa shape index (κ3) is 7.34. The molecule has 0 aromatic rings. The molecule has 0 saturated heterocycles. The van der Waals surface area contributed by atoms with E-state index in [-0.39, 0.29) is 0 Å². The molecule has 0 aliphatic heterocycles. The quantitative estimate of drug-likeness (QED) is 0.464. The van der Waals surface area contributed by atoms with E-state index < -0.39 is 0 Å². The van der Waals surface area contributed by atoms with E-state index in [4.69, 9.17) is 0 Å². The van der Waals surface area contributed by atoms with Crippen molar-refractivity contribution in [1.29, 1.82) is 0 Å². The third-order valence-corrected chi connectivity index (χ3v) is 4.82. The van der Waals surface area contributed by atoms with Crippen molar-refractivity contribution in [2.24, 2.45) is 0 Å². The molecule has 1 N–H and O–H groups in total. The van der Waals surface area contributed by atoms with Crippen LogP contribution in [0.15, 0.2) is 0 Å². The van der Waals surface area contributed by atoms with Gasteiger partial charge in [-0.2, -0.15) is 0 Å². The largest absolute Gasteiger partial charge is 0.311 e. The Morgan fingerprint density at radius 1 is 0.737 bits per heavy atom. The summed E-state index contributed by atoms with van der Waals surface area (Å²) in [7, 11) is 0. The lowest BCUT2D eigenvalue weighted by Gasteiger charge is -2.38. The van der Waals surface area contributed by atoms with Gasteiger partial charge in [0.05, 0.1) is 0 Å². The summed E-state index contributed by atoms with van der Waals surface area (Å²) in [4.78, 5) is 0. The molecule has 1 fully saturated rings. The van der Waals surface area contributed by atoms with Crippen molar-refractivity contribution in [3.8, 4) is 0 Å². The van der Waals surface area contributed by atoms with Gasteiger partial charge in [0.15, 0.2) is 0 Å². The summed E-state index contributed by atoms with van der Waals surface area (Å²) in [5.41, 5.74) is 0.523. The molecule has 0 spiro atoms. The molecular formula is C18H37N. The van der Waals surface area contributed by atoms with Gasteiger partial charge in [0, 0.05) is 5.54 Å². The maximum atomic E-state index is 3.94.